The Bertz CT molecular complexity index is 526. The van der Waals surface area contributed by atoms with Crippen LogP contribution in [0.25, 0.3) is 10.8 Å². The third kappa shape index (κ3) is 3.14. The Hall–Kier alpha value is -1.38. The van der Waals surface area contributed by atoms with Gasteiger partial charge in [-0.1, -0.05) is 42.5 Å². The van der Waals surface area contributed by atoms with Crippen LogP contribution in [0.5, 0.6) is 0 Å². The summed E-state index contributed by atoms with van der Waals surface area (Å²) in [5.74, 6) is 0. The van der Waals surface area contributed by atoms with E-state index in [-0.39, 0.29) is 0 Å². The molecule has 1 aliphatic heterocycles. The molecule has 0 bridgehead atoms. The van der Waals surface area contributed by atoms with Crippen molar-refractivity contribution in [3.63, 3.8) is 0 Å². The maximum atomic E-state index is 5.38. The minimum atomic E-state index is 0.897. The van der Waals surface area contributed by atoms with E-state index in [2.05, 4.69) is 47.4 Å². The van der Waals surface area contributed by atoms with Gasteiger partial charge in [0.05, 0.1) is 13.2 Å². The van der Waals surface area contributed by atoms with Crippen LogP contribution in [0.4, 0.5) is 0 Å². The average Bonchev–Trinajstić information content (AvgIpc) is 2.49. The van der Waals surface area contributed by atoms with E-state index >= 15 is 0 Å². The third-order valence-electron chi connectivity index (χ3n) is 3.90. The van der Waals surface area contributed by atoms with Crippen LogP contribution in [0.2, 0.25) is 0 Å². The SMILES string of the molecule is c1ccc2c(CCCN3CCOCC3)cccc2c1. The largest absolute Gasteiger partial charge is 0.379 e. The fraction of sp³-hybridized carbons (Fsp3) is 0.412. The Morgan fingerprint density at radius 3 is 2.63 bits per heavy atom. The maximum absolute atomic E-state index is 5.38. The Kier molecular flexibility index (Phi) is 4.11. The van der Waals surface area contributed by atoms with E-state index in [9.17, 15) is 0 Å². The van der Waals surface area contributed by atoms with Crippen molar-refractivity contribution in [3.05, 3.63) is 48.0 Å². The quantitative estimate of drug-likeness (QED) is 0.832. The molecular weight excluding hydrogens is 234 g/mol. The molecule has 0 spiro atoms. The number of ether oxygens (including phenoxy) is 1. The minimum absolute atomic E-state index is 0.897. The lowest BCUT2D eigenvalue weighted by atomic mass is 10.0. The zero-order valence-electron chi connectivity index (χ0n) is 11.3. The summed E-state index contributed by atoms with van der Waals surface area (Å²) in [6, 6.07) is 15.3. The third-order valence-corrected chi connectivity index (χ3v) is 3.90. The van der Waals surface area contributed by atoms with E-state index in [1.54, 1.807) is 0 Å². The molecule has 0 aromatic heterocycles. The summed E-state index contributed by atoms with van der Waals surface area (Å²) in [6.07, 6.45) is 2.40. The van der Waals surface area contributed by atoms with E-state index in [1.165, 1.54) is 35.7 Å². The number of rotatable bonds is 4. The topological polar surface area (TPSA) is 12.5 Å². The summed E-state index contributed by atoms with van der Waals surface area (Å²) in [5.41, 5.74) is 1.48. The van der Waals surface area contributed by atoms with Gasteiger partial charge in [0.15, 0.2) is 0 Å². The Morgan fingerprint density at radius 2 is 1.74 bits per heavy atom. The molecule has 1 aliphatic rings. The second-order valence-corrected chi connectivity index (χ2v) is 5.20. The minimum Gasteiger partial charge on any atom is -0.379 e. The molecule has 1 heterocycles. The van der Waals surface area contributed by atoms with Crippen LogP contribution >= 0.6 is 0 Å². The summed E-state index contributed by atoms with van der Waals surface area (Å²) in [4.78, 5) is 2.51. The molecule has 0 N–H and O–H groups in total. The lowest BCUT2D eigenvalue weighted by Gasteiger charge is -2.26. The standard InChI is InChI=1S/C17H21NO/c1-2-9-17-15(5-1)6-3-7-16(17)8-4-10-18-11-13-19-14-12-18/h1-3,5-7,9H,4,8,10-14H2. The number of benzene rings is 2. The highest BCUT2D eigenvalue weighted by atomic mass is 16.5. The zero-order chi connectivity index (χ0) is 12.9. The summed E-state index contributed by atoms with van der Waals surface area (Å²) in [5, 5.41) is 2.76. The highest BCUT2D eigenvalue weighted by Crippen LogP contribution is 2.19. The molecule has 0 unspecified atom stereocenters. The zero-order valence-corrected chi connectivity index (χ0v) is 11.3. The lowest BCUT2D eigenvalue weighted by molar-refractivity contribution is 0.0375. The van der Waals surface area contributed by atoms with Crippen molar-refractivity contribution in [2.45, 2.75) is 12.8 Å². The van der Waals surface area contributed by atoms with Gasteiger partial charge in [-0.2, -0.15) is 0 Å². The van der Waals surface area contributed by atoms with Gasteiger partial charge in [0.2, 0.25) is 0 Å². The van der Waals surface area contributed by atoms with E-state index in [0.717, 1.165) is 26.3 Å². The highest BCUT2D eigenvalue weighted by molar-refractivity contribution is 5.85. The molecule has 2 nitrogen and oxygen atoms in total. The number of fused-ring (bicyclic) bond motifs is 1. The average molecular weight is 255 g/mol. The van der Waals surface area contributed by atoms with Crippen molar-refractivity contribution in [3.8, 4) is 0 Å². The van der Waals surface area contributed by atoms with Crippen LogP contribution in [0.15, 0.2) is 42.5 Å². The summed E-state index contributed by atoms with van der Waals surface area (Å²) < 4.78 is 5.38. The summed E-state index contributed by atoms with van der Waals surface area (Å²) in [6.45, 7) is 5.17. The van der Waals surface area contributed by atoms with E-state index in [4.69, 9.17) is 4.74 Å². The van der Waals surface area contributed by atoms with E-state index in [1.807, 2.05) is 0 Å². The molecule has 1 fully saturated rings. The summed E-state index contributed by atoms with van der Waals surface area (Å²) >= 11 is 0. The van der Waals surface area contributed by atoms with Gasteiger partial charge in [-0.3, -0.25) is 4.90 Å². The van der Waals surface area contributed by atoms with Crippen LogP contribution in [0, 0.1) is 0 Å². The number of hydrogen-bond donors (Lipinski definition) is 0. The van der Waals surface area contributed by atoms with Crippen molar-refractivity contribution < 1.29 is 4.74 Å². The van der Waals surface area contributed by atoms with Gasteiger partial charge >= 0.3 is 0 Å². The molecule has 2 aromatic rings. The molecule has 0 aliphatic carbocycles. The first kappa shape index (κ1) is 12.6. The van der Waals surface area contributed by atoms with Gasteiger partial charge < -0.3 is 4.74 Å². The Morgan fingerprint density at radius 1 is 0.947 bits per heavy atom. The first-order valence-corrected chi connectivity index (χ1v) is 7.20. The van der Waals surface area contributed by atoms with Gasteiger partial charge in [-0.25, -0.2) is 0 Å². The van der Waals surface area contributed by atoms with Gasteiger partial charge in [0.25, 0.3) is 0 Å². The molecule has 0 amide bonds. The van der Waals surface area contributed by atoms with Crippen LogP contribution in [-0.4, -0.2) is 37.7 Å². The van der Waals surface area contributed by atoms with Crippen molar-refractivity contribution in [1.29, 1.82) is 0 Å². The van der Waals surface area contributed by atoms with Gasteiger partial charge in [-0.05, 0) is 35.7 Å². The molecule has 100 valence electrons. The number of morpholine rings is 1. The Labute approximate surface area is 115 Å². The van der Waals surface area contributed by atoms with Crippen LogP contribution in [0.1, 0.15) is 12.0 Å². The maximum Gasteiger partial charge on any atom is 0.0594 e. The molecule has 3 rings (SSSR count). The van der Waals surface area contributed by atoms with Gasteiger partial charge in [0, 0.05) is 13.1 Å². The fourth-order valence-electron chi connectivity index (χ4n) is 2.83. The second-order valence-electron chi connectivity index (χ2n) is 5.20. The van der Waals surface area contributed by atoms with Crippen molar-refractivity contribution in [1.82, 2.24) is 4.90 Å². The number of nitrogens with zero attached hydrogens (tertiary/aromatic N) is 1. The fourth-order valence-corrected chi connectivity index (χ4v) is 2.83. The van der Waals surface area contributed by atoms with Crippen molar-refractivity contribution in [2.24, 2.45) is 0 Å². The predicted molar refractivity (Wildman–Crippen MR) is 79.5 cm³/mol. The lowest BCUT2D eigenvalue weighted by Crippen LogP contribution is -2.36. The van der Waals surface area contributed by atoms with Crippen molar-refractivity contribution >= 4 is 10.8 Å². The van der Waals surface area contributed by atoms with Crippen LogP contribution < -0.4 is 0 Å². The number of hydrogen-bond acceptors (Lipinski definition) is 2. The first-order chi connectivity index (χ1) is 9.43. The van der Waals surface area contributed by atoms with Gasteiger partial charge in [0.1, 0.15) is 0 Å². The number of aryl methyl sites for hydroxylation is 1. The van der Waals surface area contributed by atoms with Crippen LogP contribution in [0.3, 0.4) is 0 Å². The molecule has 19 heavy (non-hydrogen) atoms. The normalized spacial score (nSPS) is 16.8. The monoisotopic (exact) mass is 255 g/mol. The summed E-state index contributed by atoms with van der Waals surface area (Å²) in [7, 11) is 0. The first-order valence-electron chi connectivity index (χ1n) is 7.20. The van der Waals surface area contributed by atoms with E-state index in [0.29, 0.717) is 0 Å². The molecular formula is C17H21NO. The molecule has 0 radical (unpaired) electrons. The molecule has 0 saturated carbocycles. The highest BCUT2D eigenvalue weighted by Gasteiger charge is 2.09. The molecule has 0 atom stereocenters. The molecule has 2 heteroatoms. The Balaban J connectivity index is 1.62. The van der Waals surface area contributed by atoms with Gasteiger partial charge in [-0.15, -0.1) is 0 Å². The molecule has 2 aromatic carbocycles. The molecule has 1 saturated heterocycles. The van der Waals surface area contributed by atoms with Crippen molar-refractivity contribution in [2.75, 3.05) is 32.8 Å². The van der Waals surface area contributed by atoms with Crippen LogP contribution in [-0.2, 0) is 11.2 Å². The predicted octanol–water partition coefficient (Wildman–Crippen LogP) is 3.10. The van der Waals surface area contributed by atoms with E-state index < -0.39 is 0 Å². The second kappa shape index (κ2) is 6.18. The smallest absolute Gasteiger partial charge is 0.0594 e.